The van der Waals surface area contributed by atoms with Gasteiger partial charge in [0.15, 0.2) is 5.76 Å². The van der Waals surface area contributed by atoms with Gasteiger partial charge in [-0.2, -0.15) is 0 Å². The summed E-state index contributed by atoms with van der Waals surface area (Å²) in [5.41, 5.74) is 1.04. The van der Waals surface area contributed by atoms with Crippen LogP contribution < -0.4 is 5.32 Å². The molecule has 0 saturated heterocycles. The predicted octanol–water partition coefficient (Wildman–Crippen LogP) is 2.75. The number of benzene rings is 1. The molecular formula is C11H9BrN2O3. The van der Waals surface area contributed by atoms with Crippen molar-refractivity contribution < 1.29 is 14.4 Å². The number of carboxylic acid groups (broad SMARTS) is 1. The van der Waals surface area contributed by atoms with E-state index in [0.717, 1.165) is 5.69 Å². The number of halogens is 1. The number of carboxylic acids is 1. The first-order valence-electron chi connectivity index (χ1n) is 4.83. The third-order valence-electron chi connectivity index (χ3n) is 2.16. The van der Waals surface area contributed by atoms with Crippen molar-refractivity contribution in [2.75, 3.05) is 5.32 Å². The molecule has 0 spiro atoms. The van der Waals surface area contributed by atoms with Crippen molar-refractivity contribution in [3.8, 4) is 0 Å². The Morgan fingerprint density at radius 2 is 2.29 bits per heavy atom. The van der Waals surface area contributed by atoms with Crippen molar-refractivity contribution in [3.05, 3.63) is 46.3 Å². The zero-order chi connectivity index (χ0) is 12.3. The first-order chi connectivity index (χ1) is 8.16. The third-order valence-corrected chi connectivity index (χ3v) is 2.82. The van der Waals surface area contributed by atoms with Crippen LogP contribution in [0.2, 0.25) is 0 Å². The number of rotatable bonds is 4. The first kappa shape index (κ1) is 11.7. The van der Waals surface area contributed by atoms with Crippen molar-refractivity contribution in [2.24, 2.45) is 0 Å². The minimum absolute atomic E-state index is 0.238. The van der Waals surface area contributed by atoms with Crippen LogP contribution in [0.15, 0.2) is 39.5 Å². The lowest BCUT2D eigenvalue weighted by Gasteiger charge is -2.07. The smallest absolute Gasteiger partial charge is 0.335 e. The maximum atomic E-state index is 10.7. The molecule has 1 aromatic heterocycles. The highest BCUT2D eigenvalue weighted by molar-refractivity contribution is 9.10. The van der Waals surface area contributed by atoms with Crippen LogP contribution in [0, 0.1) is 0 Å². The summed E-state index contributed by atoms with van der Waals surface area (Å²) < 4.78 is 5.63. The van der Waals surface area contributed by atoms with Gasteiger partial charge in [0, 0.05) is 16.2 Å². The number of nitrogens with zero attached hydrogens (tertiary/aromatic N) is 1. The lowest BCUT2D eigenvalue weighted by atomic mass is 10.2. The van der Waals surface area contributed by atoms with E-state index in [1.165, 1.54) is 6.07 Å². The molecule has 0 amide bonds. The number of hydrogen-bond acceptors (Lipinski definition) is 4. The van der Waals surface area contributed by atoms with E-state index in [9.17, 15) is 4.79 Å². The molecule has 0 aliphatic heterocycles. The molecule has 2 rings (SSSR count). The van der Waals surface area contributed by atoms with Gasteiger partial charge in [-0.3, -0.25) is 0 Å². The molecule has 88 valence electrons. The van der Waals surface area contributed by atoms with E-state index < -0.39 is 5.97 Å². The fourth-order valence-electron chi connectivity index (χ4n) is 1.31. The fraction of sp³-hybridized carbons (Fsp3) is 0.0909. The Kier molecular flexibility index (Phi) is 3.43. The Bertz CT molecular complexity index is 526. The molecule has 0 fully saturated rings. The van der Waals surface area contributed by atoms with Crippen LogP contribution in [0.3, 0.4) is 0 Å². The molecular weight excluding hydrogens is 288 g/mol. The zero-order valence-electron chi connectivity index (χ0n) is 8.68. The van der Waals surface area contributed by atoms with E-state index in [2.05, 4.69) is 26.4 Å². The van der Waals surface area contributed by atoms with Gasteiger partial charge in [0.25, 0.3) is 0 Å². The maximum Gasteiger partial charge on any atom is 0.335 e. The van der Waals surface area contributed by atoms with Crippen LogP contribution in [-0.2, 0) is 6.54 Å². The minimum Gasteiger partial charge on any atom is -0.478 e. The van der Waals surface area contributed by atoms with Gasteiger partial charge in [-0.05, 0) is 34.1 Å². The minimum atomic E-state index is -0.951. The summed E-state index contributed by atoms with van der Waals surface area (Å²) in [6.07, 6.45) is 1.57. The Hall–Kier alpha value is -1.82. The molecule has 17 heavy (non-hydrogen) atoms. The van der Waals surface area contributed by atoms with E-state index in [-0.39, 0.29) is 5.56 Å². The van der Waals surface area contributed by atoms with Crippen molar-refractivity contribution >= 4 is 27.6 Å². The van der Waals surface area contributed by atoms with Crippen molar-refractivity contribution in [1.82, 2.24) is 5.16 Å². The average Bonchev–Trinajstić information content (AvgIpc) is 2.80. The quantitative estimate of drug-likeness (QED) is 0.907. The molecule has 0 aliphatic carbocycles. The van der Waals surface area contributed by atoms with Crippen molar-refractivity contribution in [2.45, 2.75) is 6.54 Å². The summed E-state index contributed by atoms with van der Waals surface area (Å²) >= 11 is 3.31. The van der Waals surface area contributed by atoms with Crippen LogP contribution >= 0.6 is 15.9 Å². The largest absolute Gasteiger partial charge is 0.478 e. The average molecular weight is 297 g/mol. The Morgan fingerprint density at radius 1 is 1.47 bits per heavy atom. The van der Waals surface area contributed by atoms with Crippen LogP contribution in [0.4, 0.5) is 5.69 Å². The van der Waals surface area contributed by atoms with E-state index in [1.54, 1.807) is 24.4 Å². The predicted molar refractivity (Wildman–Crippen MR) is 64.9 cm³/mol. The van der Waals surface area contributed by atoms with Gasteiger partial charge in [-0.1, -0.05) is 5.16 Å². The number of hydrogen-bond donors (Lipinski definition) is 2. The SMILES string of the molecule is O=C(O)c1ccc(NCc2ccno2)c(Br)c1. The Balaban J connectivity index is 2.09. The normalized spacial score (nSPS) is 10.2. The van der Waals surface area contributed by atoms with Crippen LogP contribution in [0.1, 0.15) is 16.1 Å². The number of aromatic nitrogens is 1. The second-order valence-electron chi connectivity index (χ2n) is 3.33. The molecule has 0 aliphatic rings. The maximum absolute atomic E-state index is 10.7. The highest BCUT2D eigenvalue weighted by atomic mass is 79.9. The standard InChI is InChI=1S/C11H9BrN2O3/c12-9-5-7(11(15)16)1-2-10(9)13-6-8-3-4-14-17-8/h1-5,13H,6H2,(H,15,16). The lowest BCUT2D eigenvalue weighted by Crippen LogP contribution is -2.01. The second kappa shape index (κ2) is 5.01. The zero-order valence-corrected chi connectivity index (χ0v) is 10.3. The van der Waals surface area contributed by atoms with E-state index in [0.29, 0.717) is 16.8 Å². The molecule has 0 saturated carbocycles. The van der Waals surface area contributed by atoms with Crippen LogP contribution in [-0.4, -0.2) is 16.2 Å². The molecule has 0 radical (unpaired) electrons. The summed E-state index contributed by atoms with van der Waals surface area (Å²) in [5, 5.41) is 15.5. The number of anilines is 1. The van der Waals surface area contributed by atoms with E-state index in [1.807, 2.05) is 0 Å². The van der Waals surface area contributed by atoms with E-state index in [4.69, 9.17) is 9.63 Å². The molecule has 0 atom stereocenters. The van der Waals surface area contributed by atoms with Gasteiger partial charge in [0.05, 0.1) is 18.3 Å². The molecule has 0 bridgehead atoms. The van der Waals surface area contributed by atoms with Crippen molar-refractivity contribution in [1.29, 1.82) is 0 Å². The highest BCUT2D eigenvalue weighted by Crippen LogP contribution is 2.24. The molecule has 2 N–H and O–H groups in total. The van der Waals surface area contributed by atoms with Gasteiger partial charge in [-0.15, -0.1) is 0 Å². The molecule has 6 heteroatoms. The summed E-state index contributed by atoms with van der Waals surface area (Å²) in [4.78, 5) is 10.7. The number of aromatic carboxylic acids is 1. The Labute approximate surface area is 106 Å². The van der Waals surface area contributed by atoms with Crippen molar-refractivity contribution in [3.63, 3.8) is 0 Å². The number of nitrogens with one attached hydrogen (secondary N) is 1. The molecule has 1 heterocycles. The van der Waals surface area contributed by atoms with Gasteiger partial charge in [0.2, 0.25) is 0 Å². The Morgan fingerprint density at radius 3 is 2.88 bits per heavy atom. The summed E-state index contributed by atoms with van der Waals surface area (Å²) in [5.74, 6) is -0.244. The fourth-order valence-corrected chi connectivity index (χ4v) is 1.83. The number of carbonyl (C=O) groups is 1. The monoisotopic (exact) mass is 296 g/mol. The van der Waals surface area contributed by atoms with Gasteiger partial charge >= 0.3 is 5.97 Å². The van der Waals surface area contributed by atoms with Gasteiger partial charge in [0.1, 0.15) is 0 Å². The summed E-state index contributed by atoms with van der Waals surface area (Å²) in [6.45, 7) is 0.491. The summed E-state index contributed by atoms with van der Waals surface area (Å²) in [6, 6.07) is 6.54. The molecule has 1 aromatic carbocycles. The molecule has 5 nitrogen and oxygen atoms in total. The van der Waals surface area contributed by atoms with Crippen LogP contribution in [0.5, 0.6) is 0 Å². The van der Waals surface area contributed by atoms with E-state index >= 15 is 0 Å². The topological polar surface area (TPSA) is 75.4 Å². The third kappa shape index (κ3) is 2.85. The summed E-state index contributed by atoms with van der Waals surface area (Å²) in [7, 11) is 0. The molecule has 2 aromatic rings. The lowest BCUT2D eigenvalue weighted by molar-refractivity contribution is 0.0697. The van der Waals surface area contributed by atoms with Gasteiger partial charge in [-0.25, -0.2) is 4.79 Å². The van der Waals surface area contributed by atoms with Crippen LogP contribution in [0.25, 0.3) is 0 Å². The first-order valence-corrected chi connectivity index (χ1v) is 5.62. The molecule has 0 unspecified atom stereocenters. The highest BCUT2D eigenvalue weighted by Gasteiger charge is 2.06. The second-order valence-corrected chi connectivity index (χ2v) is 4.19. The van der Waals surface area contributed by atoms with Gasteiger partial charge < -0.3 is 14.9 Å².